The van der Waals surface area contributed by atoms with Gasteiger partial charge in [-0.25, -0.2) is 13.2 Å². The zero-order valence-corrected chi connectivity index (χ0v) is 20.0. The summed E-state index contributed by atoms with van der Waals surface area (Å²) in [5.41, 5.74) is 6.26. The number of hydrogen-bond donors (Lipinski definition) is 1. The van der Waals surface area contributed by atoms with Crippen LogP contribution in [-0.2, 0) is 16.1 Å². The molecule has 4 aromatic rings. The normalized spacial score (nSPS) is 11.9. The van der Waals surface area contributed by atoms with Crippen LogP contribution in [0.15, 0.2) is 47.4 Å². The molecule has 0 fully saturated rings. The Morgan fingerprint density at radius 3 is 2.19 bits per heavy atom. The molecule has 5 nitrogen and oxygen atoms in total. The highest BCUT2D eigenvalue weighted by Crippen LogP contribution is 2.40. The molecule has 32 heavy (non-hydrogen) atoms. The Morgan fingerprint density at radius 1 is 0.938 bits per heavy atom. The molecule has 0 saturated carbocycles. The standard InChI is InChI=1S/C25H22ClNO4S/c1-13-10-14(2)21-18(11-13)27(5)24-20(17-8-6-7-9-19(17)32(26,30)31)15(3)12-16(4)22(24)23(21)25(28)29/h6-12H,1-5H3/p+1. The quantitative estimate of drug-likeness (QED) is 0.250. The average molecular weight is 469 g/mol. The van der Waals surface area contributed by atoms with Crippen molar-refractivity contribution in [1.29, 1.82) is 0 Å². The number of halogens is 1. The van der Waals surface area contributed by atoms with E-state index in [0.717, 1.165) is 27.8 Å². The number of pyridine rings is 1. The van der Waals surface area contributed by atoms with Crippen molar-refractivity contribution in [2.75, 3.05) is 0 Å². The van der Waals surface area contributed by atoms with E-state index in [1.54, 1.807) is 18.2 Å². The summed E-state index contributed by atoms with van der Waals surface area (Å²) in [5.74, 6) is -1.02. The lowest BCUT2D eigenvalue weighted by Crippen LogP contribution is -2.33. The van der Waals surface area contributed by atoms with E-state index in [-0.39, 0.29) is 10.5 Å². The fraction of sp³-hybridized carbons (Fsp3) is 0.200. The molecule has 164 valence electrons. The molecule has 0 unspecified atom stereocenters. The molecule has 0 aliphatic carbocycles. The van der Waals surface area contributed by atoms with Crippen LogP contribution >= 0.6 is 10.7 Å². The summed E-state index contributed by atoms with van der Waals surface area (Å²) in [6.07, 6.45) is 0. The van der Waals surface area contributed by atoms with Crippen LogP contribution in [0.25, 0.3) is 32.9 Å². The van der Waals surface area contributed by atoms with E-state index < -0.39 is 15.0 Å². The minimum absolute atomic E-state index is 0.00712. The third-order valence-electron chi connectivity index (χ3n) is 5.98. The van der Waals surface area contributed by atoms with Gasteiger partial charge in [0, 0.05) is 22.3 Å². The fourth-order valence-electron chi connectivity index (χ4n) is 4.84. The molecule has 0 spiro atoms. The highest BCUT2D eigenvalue weighted by molar-refractivity contribution is 8.13. The summed E-state index contributed by atoms with van der Waals surface area (Å²) < 4.78 is 26.7. The number of aryl methyl sites for hydroxylation is 5. The van der Waals surface area contributed by atoms with E-state index in [1.807, 2.05) is 57.5 Å². The van der Waals surface area contributed by atoms with Gasteiger partial charge in [-0.05, 0) is 56.0 Å². The molecule has 0 aliphatic rings. The molecule has 4 rings (SSSR count). The molecule has 3 aromatic carbocycles. The van der Waals surface area contributed by atoms with Crippen molar-refractivity contribution in [2.24, 2.45) is 7.05 Å². The van der Waals surface area contributed by atoms with E-state index in [9.17, 15) is 18.3 Å². The third kappa shape index (κ3) is 3.34. The highest BCUT2D eigenvalue weighted by atomic mass is 35.7. The second-order valence-electron chi connectivity index (χ2n) is 8.26. The van der Waals surface area contributed by atoms with Crippen molar-refractivity contribution in [3.8, 4) is 11.1 Å². The van der Waals surface area contributed by atoms with Crippen molar-refractivity contribution >= 4 is 47.5 Å². The predicted octanol–water partition coefficient (Wildman–Crippen LogP) is 5.34. The largest absolute Gasteiger partial charge is 0.478 e. The number of aromatic carboxylic acids is 1. The molecule has 1 aromatic heterocycles. The van der Waals surface area contributed by atoms with Gasteiger partial charge in [0.05, 0.1) is 26.8 Å². The molecule has 1 N–H and O–H groups in total. The van der Waals surface area contributed by atoms with Crippen LogP contribution in [0.4, 0.5) is 0 Å². The molecule has 7 heteroatoms. The zero-order chi connectivity index (χ0) is 23.5. The maximum absolute atomic E-state index is 12.6. The first-order chi connectivity index (χ1) is 14.9. The second-order valence-corrected chi connectivity index (χ2v) is 10.8. The Balaban J connectivity index is 2.39. The van der Waals surface area contributed by atoms with Crippen molar-refractivity contribution < 1.29 is 22.9 Å². The Labute approximate surface area is 191 Å². The molecular weight excluding hydrogens is 446 g/mol. The van der Waals surface area contributed by atoms with Crippen molar-refractivity contribution in [3.63, 3.8) is 0 Å². The first-order valence-corrected chi connectivity index (χ1v) is 12.4. The second kappa shape index (κ2) is 7.57. The number of carboxylic acids is 1. The Morgan fingerprint density at radius 2 is 1.56 bits per heavy atom. The maximum atomic E-state index is 12.6. The van der Waals surface area contributed by atoms with Gasteiger partial charge in [-0.3, -0.25) is 0 Å². The first kappa shape index (κ1) is 22.2. The maximum Gasteiger partial charge on any atom is 0.337 e. The smallest absolute Gasteiger partial charge is 0.337 e. The number of rotatable bonds is 3. The van der Waals surface area contributed by atoms with Crippen LogP contribution in [-0.4, -0.2) is 19.5 Å². The van der Waals surface area contributed by atoms with Gasteiger partial charge < -0.3 is 5.11 Å². The van der Waals surface area contributed by atoms with Gasteiger partial charge in [0.1, 0.15) is 7.05 Å². The van der Waals surface area contributed by atoms with Crippen LogP contribution in [0.5, 0.6) is 0 Å². The summed E-state index contributed by atoms with van der Waals surface area (Å²) in [7, 11) is 3.64. The summed E-state index contributed by atoms with van der Waals surface area (Å²) in [6, 6.07) is 12.4. The molecule has 0 radical (unpaired) electrons. The highest BCUT2D eigenvalue weighted by Gasteiger charge is 2.30. The number of carbonyl (C=O) groups is 1. The minimum Gasteiger partial charge on any atom is -0.478 e. The van der Waals surface area contributed by atoms with E-state index in [1.165, 1.54) is 6.07 Å². The van der Waals surface area contributed by atoms with Crippen LogP contribution in [0.2, 0.25) is 0 Å². The number of nitrogens with zero attached hydrogens (tertiary/aromatic N) is 1. The monoisotopic (exact) mass is 468 g/mol. The van der Waals surface area contributed by atoms with Gasteiger partial charge in [0.2, 0.25) is 11.0 Å². The molecule has 0 saturated heterocycles. The Kier molecular flexibility index (Phi) is 5.26. The number of fused-ring (bicyclic) bond motifs is 2. The van der Waals surface area contributed by atoms with E-state index in [0.29, 0.717) is 27.4 Å². The van der Waals surface area contributed by atoms with Gasteiger partial charge in [-0.1, -0.05) is 30.3 Å². The number of carboxylic acid groups (broad SMARTS) is 1. The topological polar surface area (TPSA) is 75.3 Å². The summed E-state index contributed by atoms with van der Waals surface area (Å²) in [5, 5.41) is 11.5. The van der Waals surface area contributed by atoms with Gasteiger partial charge in [0.15, 0.2) is 0 Å². The summed E-state index contributed by atoms with van der Waals surface area (Å²) >= 11 is 0. The molecule has 0 aliphatic heterocycles. The Hall–Kier alpha value is -2.96. The lowest BCUT2D eigenvalue weighted by molar-refractivity contribution is -0.617. The number of aromatic nitrogens is 1. The number of hydrogen-bond acceptors (Lipinski definition) is 3. The van der Waals surface area contributed by atoms with Gasteiger partial charge in [-0.15, -0.1) is 0 Å². The van der Waals surface area contributed by atoms with Crippen molar-refractivity contribution in [2.45, 2.75) is 32.6 Å². The lowest BCUT2D eigenvalue weighted by atomic mass is 9.89. The van der Waals surface area contributed by atoms with E-state index in [2.05, 4.69) is 0 Å². The van der Waals surface area contributed by atoms with Crippen molar-refractivity contribution in [1.82, 2.24) is 0 Å². The van der Waals surface area contributed by atoms with Gasteiger partial charge in [0.25, 0.3) is 9.05 Å². The van der Waals surface area contributed by atoms with Gasteiger partial charge in [-0.2, -0.15) is 4.57 Å². The summed E-state index contributed by atoms with van der Waals surface area (Å²) in [6.45, 7) is 7.65. The van der Waals surface area contributed by atoms with Crippen molar-refractivity contribution in [3.05, 3.63) is 70.3 Å². The first-order valence-electron chi connectivity index (χ1n) is 10.1. The van der Waals surface area contributed by atoms with Crippen LogP contribution in [0, 0.1) is 27.7 Å². The number of benzene rings is 3. The van der Waals surface area contributed by atoms with Gasteiger partial charge >= 0.3 is 5.97 Å². The molecular formula is C25H23ClNO4S+. The predicted molar refractivity (Wildman–Crippen MR) is 127 cm³/mol. The molecule has 0 bridgehead atoms. The molecule has 1 heterocycles. The van der Waals surface area contributed by atoms with Crippen LogP contribution < -0.4 is 4.57 Å². The summed E-state index contributed by atoms with van der Waals surface area (Å²) in [4.78, 5) is 12.6. The molecule has 0 atom stereocenters. The molecule has 0 amide bonds. The third-order valence-corrected chi connectivity index (χ3v) is 7.36. The van der Waals surface area contributed by atoms with E-state index in [4.69, 9.17) is 10.7 Å². The average Bonchev–Trinajstić information content (AvgIpc) is 2.68. The Bertz CT molecular complexity index is 1570. The fourth-order valence-corrected chi connectivity index (χ4v) is 5.92. The van der Waals surface area contributed by atoms with Crippen LogP contribution in [0.1, 0.15) is 32.6 Å². The van der Waals surface area contributed by atoms with E-state index >= 15 is 0 Å². The minimum atomic E-state index is -4.03. The van der Waals surface area contributed by atoms with Crippen LogP contribution in [0.3, 0.4) is 0 Å². The zero-order valence-electron chi connectivity index (χ0n) is 18.4. The lowest BCUT2D eigenvalue weighted by Gasteiger charge is -2.17. The SMILES string of the molecule is Cc1cc(C)c2c(C(=O)O)c3c(C)cc(C)c(-c4ccccc4S(=O)(=O)Cl)c3[n+](C)c2c1.